The van der Waals surface area contributed by atoms with Crippen molar-refractivity contribution in [3.05, 3.63) is 59.7 Å². The first kappa shape index (κ1) is 22.9. The molecule has 0 spiro atoms. The molecule has 6 heteroatoms. The lowest BCUT2D eigenvalue weighted by Crippen LogP contribution is -2.43. The smallest absolute Gasteiger partial charge is 0.169 e. The van der Waals surface area contributed by atoms with Gasteiger partial charge in [0.15, 0.2) is 16.6 Å². The summed E-state index contributed by atoms with van der Waals surface area (Å²) < 4.78 is 10.8. The number of likely N-dealkylation sites (tertiary alicyclic amines) is 1. The lowest BCUT2D eigenvalue weighted by Gasteiger charge is -2.35. The molecular formula is C26H35N3O2S. The van der Waals surface area contributed by atoms with Gasteiger partial charge < -0.3 is 24.6 Å². The second-order valence-corrected chi connectivity index (χ2v) is 9.29. The molecule has 0 saturated carbocycles. The molecule has 0 amide bonds. The first-order valence-electron chi connectivity index (χ1n) is 11.7. The molecule has 1 N–H and O–H groups in total. The predicted octanol–water partition coefficient (Wildman–Crippen LogP) is 3.76. The van der Waals surface area contributed by atoms with Crippen LogP contribution in [-0.2, 0) is 12.8 Å². The molecule has 32 heavy (non-hydrogen) atoms. The number of benzene rings is 2. The van der Waals surface area contributed by atoms with E-state index in [9.17, 15) is 0 Å². The van der Waals surface area contributed by atoms with Crippen LogP contribution in [0.1, 0.15) is 24.0 Å². The Morgan fingerprint density at radius 1 is 0.969 bits per heavy atom. The van der Waals surface area contributed by atoms with Gasteiger partial charge in [0.25, 0.3) is 0 Å². The van der Waals surface area contributed by atoms with Crippen LogP contribution in [0.25, 0.3) is 0 Å². The zero-order valence-corrected chi connectivity index (χ0v) is 20.1. The first-order valence-corrected chi connectivity index (χ1v) is 12.1. The summed E-state index contributed by atoms with van der Waals surface area (Å²) in [4.78, 5) is 5.04. The van der Waals surface area contributed by atoms with Crippen molar-refractivity contribution in [1.29, 1.82) is 0 Å². The number of rotatable bonds is 9. The number of hydrogen-bond donors (Lipinski definition) is 1. The Kier molecular flexibility index (Phi) is 7.87. The van der Waals surface area contributed by atoms with Crippen LogP contribution in [0, 0.1) is 5.92 Å². The molecule has 0 aromatic heterocycles. The molecule has 2 fully saturated rings. The van der Waals surface area contributed by atoms with E-state index in [2.05, 4.69) is 57.6 Å². The molecule has 0 bridgehead atoms. The van der Waals surface area contributed by atoms with E-state index in [4.69, 9.17) is 21.7 Å². The maximum atomic E-state index is 5.64. The zero-order chi connectivity index (χ0) is 22.3. The highest BCUT2D eigenvalue weighted by Gasteiger charge is 2.31. The highest BCUT2D eigenvalue weighted by Crippen LogP contribution is 2.28. The number of thiocarbonyl (C=S) groups is 1. The number of hydrogen-bond acceptors (Lipinski definition) is 4. The van der Waals surface area contributed by atoms with Gasteiger partial charge in [0.2, 0.25) is 0 Å². The van der Waals surface area contributed by atoms with Crippen molar-refractivity contribution < 1.29 is 9.47 Å². The average molecular weight is 454 g/mol. The van der Waals surface area contributed by atoms with Gasteiger partial charge in [-0.3, -0.25) is 0 Å². The molecule has 2 saturated heterocycles. The summed E-state index contributed by atoms with van der Waals surface area (Å²) in [5.74, 6) is 2.31. The molecule has 4 rings (SSSR count). The highest BCUT2D eigenvalue weighted by atomic mass is 32.1. The van der Waals surface area contributed by atoms with Gasteiger partial charge in [-0.25, -0.2) is 0 Å². The fraction of sp³-hybridized carbons (Fsp3) is 0.500. The van der Waals surface area contributed by atoms with Crippen LogP contribution in [0.3, 0.4) is 0 Å². The summed E-state index contributed by atoms with van der Waals surface area (Å²) in [5.41, 5.74) is 2.68. The third kappa shape index (κ3) is 5.73. The number of ether oxygens (including phenoxy) is 2. The lowest BCUT2D eigenvalue weighted by atomic mass is 9.95. The van der Waals surface area contributed by atoms with Gasteiger partial charge in [0.05, 0.1) is 20.3 Å². The summed E-state index contributed by atoms with van der Waals surface area (Å²) in [5, 5.41) is 4.35. The van der Waals surface area contributed by atoms with E-state index < -0.39 is 0 Å². The summed E-state index contributed by atoms with van der Waals surface area (Å²) in [7, 11) is 3.37. The fourth-order valence-electron chi connectivity index (χ4n) is 4.88. The Morgan fingerprint density at radius 2 is 1.72 bits per heavy atom. The lowest BCUT2D eigenvalue weighted by molar-refractivity contribution is 0.161. The zero-order valence-electron chi connectivity index (χ0n) is 19.3. The summed E-state index contributed by atoms with van der Waals surface area (Å²) in [6.45, 7) is 5.44. The minimum Gasteiger partial charge on any atom is -0.493 e. The Bertz CT molecular complexity index is 884. The Labute approximate surface area is 197 Å². The first-order chi connectivity index (χ1) is 15.7. The molecule has 5 nitrogen and oxygen atoms in total. The van der Waals surface area contributed by atoms with Crippen LogP contribution in [0.4, 0.5) is 0 Å². The maximum absolute atomic E-state index is 5.64. The van der Waals surface area contributed by atoms with Crippen LogP contribution < -0.4 is 14.8 Å². The third-order valence-electron chi connectivity index (χ3n) is 6.83. The van der Waals surface area contributed by atoms with Crippen LogP contribution in [0.5, 0.6) is 11.5 Å². The molecule has 0 radical (unpaired) electrons. The van der Waals surface area contributed by atoms with Gasteiger partial charge in [-0.1, -0.05) is 36.4 Å². The second-order valence-electron chi connectivity index (χ2n) is 8.91. The van der Waals surface area contributed by atoms with E-state index in [0.29, 0.717) is 12.0 Å². The fourth-order valence-corrected chi connectivity index (χ4v) is 5.18. The van der Waals surface area contributed by atoms with Gasteiger partial charge in [0.1, 0.15) is 0 Å². The number of nitrogens with one attached hydrogen (secondary N) is 1. The predicted molar refractivity (Wildman–Crippen MR) is 134 cm³/mol. The quantitative estimate of drug-likeness (QED) is 0.583. The SMILES string of the molecule is COc1ccc(CCN2CCC(CN3C(=S)NC[C@@H]3Cc3ccccc3)CC2)cc1OC. The minimum absolute atomic E-state index is 0.466. The monoisotopic (exact) mass is 453 g/mol. The van der Waals surface area contributed by atoms with Crippen LogP contribution >= 0.6 is 12.2 Å². The molecule has 2 heterocycles. The van der Waals surface area contributed by atoms with Gasteiger partial charge >= 0.3 is 0 Å². The highest BCUT2D eigenvalue weighted by molar-refractivity contribution is 7.80. The van der Waals surface area contributed by atoms with E-state index in [1.807, 2.05) is 6.07 Å². The van der Waals surface area contributed by atoms with Crippen molar-refractivity contribution in [1.82, 2.24) is 15.1 Å². The second kappa shape index (κ2) is 11.0. The number of piperidine rings is 1. The van der Waals surface area contributed by atoms with Gasteiger partial charge in [0, 0.05) is 19.6 Å². The van der Waals surface area contributed by atoms with Crippen molar-refractivity contribution in [3.8, 4) is 11.5 Å². The van der Waals surface area contributed by atoms with E-state index in [-0.39, 0.29) is 0 Å². The molecule has 2 aromatic rings. The molecule has 172 valence electrons. The van der Waals surface area contributed by atoms with E-state index in [0.717, 1.165) is 62.2 Å². The topological polar surface area (TPSA) is 37.0 Å². The van der Waals surface area contributed by atoms with Crippen LogP contribution in [-0.4, -0.2) is 67.9 Å². The molecule has 2 aliphatic rings. The Hall–Kier alpha value is -2.31. The normalized spacial score (nSPS) is 19.8. The van der Waals surface area contributed by atoms with Crippen LogP contribution in [0.2, 0.25) is 0 Å². The molecular weight excluding hydrogens is 418 g/mol. The number of methoxy groups -OCH3 is 2. The molecule has 0 unspecified atom stereocenters. The Balaban J connectivity index is 1.24. The molecule has 0 aliphatic carbocycles. The largest absolute Gasteiger partial charge is 0.493 e. The number of nitrogens with zero attached hydrogens (tertiary/aromatic N) is 2. The van der Waals surface area contributed by atoms with Crippen molar-refractivity contribution in [2.45, 2.75) is 31.7 Å². The van der Waals surface area contributed by atoms with Gasteiger partial charge in [-0.2, -0.15) is 0 Å². The molecule has 2 aliphatic heterocycles. The van der Waals surface area contributed by atoms with E-state index in [1.165, 1.54) is 24.0 Å². The molecule has 1 atom stereocenters. The third-order valence-corrected chi connectivity index (χ3v) is 7.21. The Morgan fingerprint density at radius 3 is 2.44 bits per heavy atom. The minimum atomic E-state index is 0.466. The standard InChI is InChI=1S/C26H35N3O2S/c1-30-24-9-8-21(17-25(24)31-2)10-13-28-14-11-22(12-15-28)19-29-23(18-27-26(29)32)16-20-6-4-3-5-7-20/h3-9,17,22-23H,10-16,18-19H2,1-2H3,(H,27,32)/t23-/m0/s1. The van der Waals surface area contributed by atoms with Crippen molar-refractivity contribution in [3.63, 3.8) is 0 Å². The summed E-state index contributed by atoms with van der Waals surface area (Å²) in [6, 6.07) is 17.5. The molecule has 2 aromatic carbocycles. The maximum Gasteiger partial charge on any atom is 0.169 e. The van der Waals surface area contributed by atoms with Gasteiger partial charge in [-0.05, 0) is 80.2 Å². The average Bonchev–Trinajstić information content (AvgIpc) is 3.17. The van der Waals surface area contributed by atoms with E-state index in [1.54, 1.807) is 14.2 Å². The van der Waals surface area contributed by atoms with Crippen molar-refractivity contribution in [2.75, 3.05) is 46.9 Å². The van der Waals surface area contributed by atoms with Crippen LogP contribution in [0.15, 0.2) is 48.5 Å². The van der Waals surface area contributed by atoms with Gasteiger partial charge in [-0.15, -0.1) is 0 Å². The van der Waals surface area contributed by atoms with Crippen molar-refractivity contribution >= 4 is 17.3 Å². The summed E-state index contributed by atoms with van der Waals surface area (Å²) in [6.07, 6.45) is 4.56. The van der Waals surface area contributed by atoms with E-state index >= 15 is 0 Å². The van der Waals surface area contributed by atoms with Crippen molar-refractivity contribution in [2.24, 2.45) is 5.92 Å². The summed E-state index contributed by atoms with van der Waals surface area (Å²) >= 11 is 5.64.